The molecule has 0 heterocycles. The quantitative estimate of drug-likeness (QED) is 0.300. The zero-order chi connectivity index (χ0) is 22.4. The summed E-state index contributed by atoms with van der Waals surface area (Å²) in [6, 6.07) is 16.3. The third kappa shape index (κ3) is 6.13. The van der Waals surface area contributed by atoms with Gasteiger partial charge in [0.2, 0.25) is 0 Å². The predicted octanol–water partition coefficient (Wildman–Crippen LogP) is 4.93. The zero-order valence-electron chi connectivity index (χ0n) is 16.9. The lowest BCUT2D eigenvalue weighted by molar-refractivity contribution is -0.136. The Balaban J connectivity index is 1.69. The van der Waals surface area contributed by atoms with Gasteiger partial charge in [-0.25, -0.2) is 9.82 Å². The van der Waals surface area contributed by atoms with Gasteiger partial charge in [-0.15, -0.1) is 0 Å². The monoisotopic (exact) mass is 438 g/mol. The average Bonchev–Trinajstić information content (AvgIpc) is 2.74. The Kier molecular flexibility index (Phi) is 6.99. The lowest BCUT2D eigenvalue weighted by Crippen LogP contribution is -2.32. The molecular weight excluding hydrogens is 419 g/mol. The number of hydrogen-bond acceptors (Lipinski definition) is 4. The van der Waals surface area contributed by atoms with Crippen molar-refractivity contribution in [3.8, 4) is 0 Å². The highest BCUT2D eigenvalue weighted by atomic mass is 35.5. The summed E-state index contributed by atoms with van der Waals surface area (Å²) in [7, 11) is 0. The fourth-order valence-corrected chi connectivity index (χ4v) is 2.88. The number of rotatable bonds is 5. The molecule has 3 aromatic carbocycles. The second kappa shape index (κ2) is 9.86. The first-order valence-corrected chi connectivity index (χ1v) is 9.73. The summed E-state index contributed by atoms with van der Waals surface area (Å²) in [4.78, 5) is 23.9. The van der Waals surface area contributed by atoms with Crippen molar-refractivity contribution in [2.45, 2.75) is 13.8 Å². The van der Waals surface area contributed by atoms with Crippen molar-refractivity contribution < 1.29 is 14.0 Å². The van der Waals surface area contributed by atoms with Crippen LogP contribution in [0.15, 0.2) is 65.8 Å². The Morgan fingerprint density at radius 2 is 1.68 bits per heavy atom. The van der Waals surface area contributed by atoms with Gasteiger partial charge in [0.05, 0.1) is 6.21 Å². The van der Waals surface area contributed by atoms with Crippen LogP contribution < -0.4 is 16.1 Å². The second-order valence-electron chi connectivity index (χ2n) is 6.84. The molecule has 8 heteroatoms. The van der Waals surface area contributed by atoms with Crippen molar-refractivity contribution in [3.05, 3.63) is 88.2 Å². The topological polar surface area (TPSA) is 82.6 Å². The van der Waals surface area contributed by atoms with E-state index in [4.69, 9.17) is 11.6 Å². The van der Waals surface area contributed by atoms with E-state index in [1.807, 2.05) is 32.0 Å². The summed E-state index contributed by atoms with van der Waals surface area (Å²) >= 11 is 6.10. The van der Waals surface area contributed by atoms with E-state index in [9.17, 15) is 14.0 Å². The van der Waals surface area contributed by atoms with Gasteiger partial charge in [-0.3, -0.25) is 9.59 Å². The van der Waals surface area contributed by atoms with Crippen LogP contribution in [0.3, 0.4) is 0 Å². The normalized spacial score (nSPS) is 10.7. The van der Waals surface area contributed by atoms with E-state index in [0.717, 1.165) is 22.5 Å². The Labute approximate surface area is 184 Å². The SMILES string of the molecule is Cc1ccc(C)c(Nc2ccc(Cl)cc2/C=N\NC(=O)C(=O)Nc2ccc(F)cc2)c1. The number of carbonyl (C=O) groups excluding carboxylic acids is 2. The number of hydrogen-bond donors (Lipinski definition) is 3. The average molecular weight is 439 g/mol. The first-order chi connectivity index (χ1) is 14.8. The van der Waals surface area contributed by atoms with Crippen LogP contribution in [0.2, 0.25) is 5.02 Å². The first kappa shape index (κ1) is 22.0. The summed E-state index contributed by atoms with van der Waals surface area (Å²) in [5.41, 5.74) is 6.91. The molecule has 0 bridgehead atoms. The van der Waals surface area contributed by atoms with E-state index >= 15 is 0 Å². The summed E-state index contributed by atoms with van der Waals surface area (Å²) in [6.07, 6.45) is 1.39. The Morgan fingerprint density at radius 1 is 0.935 bits per heavy atom. The van der Waals surface area contributed by atoms with Gasteiger partial charge in [0.1, 0.15) is 5.82 Å². The van der Waals surface area contributed by atoms with E-state index in [0.29, 0.717) is 16.3 Å². The Hall–Kier alpha value is -3.71. The molecule has 0 unspecified atom stereocenters. The molecule has 0 fully saturated rings. The largest absolute Gasteiger partial charge is 0.355 e. The highest BCUT2D eigenvalue weighted by molar-refractivity contribution is 6.39. The molecule has 3 N–H and O–H groups in total. The molecule has 31 heavy (non-hydrogen) atoms. The fourth-order valence-electron chi connectivity index (χ4n) is 2.70. The lowest BCUT2D eigenvalue weighted by atomic mass is 10.1. The van der Waals surface area contributed by atoms with Gasteiger partial charge < -0.3 is 10.6 Å². The number of carbonyl (C=O) groups is 2. The van der Waals surface area contributed by atoms with Crippen molar-refractivity contribution >= 4 is 46.7 Å². The standard InChI is InChI=1S/C23H20ClFN4O2/c1-14-3-4-15(2)21(11-14)28-20-10-5-17(24)12-16(20)13-26-29-23(31)22(30)27-19-8-6-18(25)7-9-19/h3-13,28H,1-2H3,(H,27,30)(H,29,31)/b26-13-. The van der Waals surface area contributed by atoms with Crippen LogP contribution in [0.4, 0.5) is 21.5 Å². The predicted molar refractivity (Wildman–Crippen MR) is 121 cm³/mol. The highest BCUT2D eigenvalue weighted by Gasteiger charge is 2.13. The lowest BCUT2D eigenvalue weighted by Gasteiger charge is -2.13. The maximum atomic E-state index is 12.9. The number of anilines is 3. The van der Waals surface area contributed by atoms with Gasteiger partial charge >= 0.3 is 11.8 Å². The minimum Gasteiger partial charge on any atom is -0.355 e. The zero-order valence-corrected chi connectivity index (χ0v) is 17.6. The van der Waals surface area contributed by atoms with Crippen LogP contribution in [0.5, 0.6) is 0 Å². The molecule has 0 spiro atoms. The van der Waals surface area contributed by atoms with E-state index in [-0.39, 0.29) is 0 Å². The van der Waals surface area contributed by atoms with E-state index < -0.39 is 17.6 Å². The van der Waals surface area contributed by atoms with Crippen molar-refractivity contribution in [1.82, 2.24) is 5.43 Å². The molecule has 158 valence electrons. The minimum absolute atomic E-state index is 0.292. The number of nitrogens with one attached hydrogen (secondary N) is 3. The van der Waals surface area contributed by atoms with Gasteiger partial charge in [-0.05, 0) is 73.5 Å². The van der Waals surface area contributed by atoms with E-state index in [1.165, 1.54) is 30.5 Å². The third-order valence-corrected chi connectivity index (χ3v) is 4.59. The minimum atomic E-state index is -0.966. The molecular formula is C23H20ClFN4O2. The molecule has 3 rings (SSSR count). The van der Waals surface area contributed by atoms with Crippen molar-refractivity contribution in [3.63, 3.8) is 0 Å². The Morgan fingerprint density at radius 3 is 2.42 bits per heavy atom. The molecule has 6 nitrogen and oxygen atoms in total. The molecule has 0 aromatic heterocycles. The van der Waals surface area contributed by atoms with Crippen LogP contribution in [-0.4, -0.2) is 18.0 Å². The van der Waals surface area contributed by atoms with Crippen LogP contribution >= 0.6 is 11.6 Å². The summed E-state index contributed by atoms with van der Waals surface area (Å²) in [6.45, 7) is 3.99. The van der Waals surface area contributed by atoms with Gasteiger partial charge in [0, 0.05) is 27.6 Å². The summed E-state index contributed by atoms with van der Waals surface area (Å²) in [5, 5.41) is 10.0. The molecule has 3 aromatic rings. The molecule has 2 amide bonds. The number of nitrogens with zero attached hydrogens (tertiary/aromatic N) is 1. The number of benzene rings is 3. The number of halogens is 2. The highest BCUT2D eigenvalue weighted by Crippen LogP contribution is 2.26. The molecule has 0 saturated heterocycles. The van der Waals surface area contributed by atoms with Gasteiger partial charge in [0.25, 0.3) is 0 Å². The molecule has 0 aliphatic heterocycles. The van der Waals surface area contributed by atoms with E-state index in [2.05, 4.69) is 21.2 Å². The van der Waals surface area contributed by atoms with Crippen LogP contribution in [0, 0.1) is 19.7 Å². The number of hydrazone groups is 1. The maximum absolute atomic E-state index is 12.9. The third-order valence-electron chi connectivity index (χ3n) is 4.35. The van der Waals surface area contributed by atoms with Gasteiger partial charge in [-0.1, -0.05) is 23.7 Å². The number of aryl methyl sites for hydroxylation is 2. The van der Waals surface area contributed by atoms with Crippen LogP contribution in [-0.2, 0) is 9.59 Å². The van der Waals surface area contributed by atoms with Crippen molar-refractivity contribution in [2.24, 2.45) is 5.10 Å². The molecule has 0 aliphatic rings. The molecule has 0 radical (unpaired) electrons. The van der Waals surface area contributed by atoms with Crippen LogP contribution in [0.1, 0.15) is 16.7 Å². The van der Waals surface area contributed by atoms with Crippen molar-refractivity contribution in [1.29, 1.82) is 0 Å². The smallest absolute Gasteiger partial charge is 0.329 e. The molecule has 0 atom stereocenters. The molecule has 0 aliphatic carbocycles. The fraction of sp³-hybridized carbons (Fsp3) is 0.0870. The molecule has 0 saturated carbocycles. The first-order valence-electron chi connectivity index (χ1n) is 9.35. The van der Waals surface area contributed by atoms with E-state index in [1.54, 1.807) is 18.2 Å². The van der Waals surface area contributed by atoms with Gasteiger partial charge in [-0.2, -0.15) is 5.10 Å². The number of amides is 2. The van der Waals surface area contributed by atoms with Crippen LogP contribution in [0.25, 0.3) is 0 Å². The Bertz CT molecular complexity index is 1150. The summed E-state index contributed by atoms with van der Waals surface area (Å²) in [5.74, 6) is -2.34. The summed E-state index contributed by atoms with van der Waals surface area (Å²) < 4.78 is 12.9. The maximum Gasteiger partial charge on any atom is 0.329 e. The second-order valence-corrected chi connectivity index (χ2v) is 7.27. The van der Waals surface area contributed by atoms with Crippen molar-refractivity contribution in [2.75, 3.05) is 10.6 Å². The van der Waals surface area contributed by atoms with Gasteiger partial charge in [0.15, 0.2) is 0 Å².